The van der Waals surface area contributed by atoms with Gasteiger partial charge >= 0.3 is 11.9 Å². The largest absolute Gasteiger partial charge is 0.463 e. The van der Waals surface area contributed by atoms with Gasteiger partial charge in [0.2, 0.25) is 0 Å². The zero-order valence-corrected chi connectivity index (χ0v) is 29.6. The Bertz CT molecular complexity index is 929. The van der Waals surface area contributed by atoms with Crippen molar-refractivity contribution < 1.29 is 34.4 Å². The first-order chi connectivity index (χ1) is 22.7. The van der Waals surface area contributed by atoms with Crippen LogP contribution in [-0.2, 0) is 19.1 Å². The first kappa shape index (κ1) is 44.3. The molecule has 0 radical (unpaired) electrons. The molecule has 7 nitrogen and oxygen atoms in total. The second kappa shape index (κ2) is 33.2. The molecule has 0 aliphatic carbocycles. The van der Waals surface area contributed by atoms with E-state index in [1.165, 1.54) is 44.9 Å². The molecule has 0 aromatic carbocycles. The van der Waals surface area contributed by atoms with Gasteiger partial charge in [0.15, 0.2) is 0 Å². The number of ether oxygens (including phenoxy) is 2. The molecule has 0 aliphatic heterocycles. The highest BCUT2D eigenvalue weighted by atomic mass is 16.6. The third-order valence-electron chi connectivity index (χ3n) is 7.31. The molecule has 0 spiro atoms. The molecule has 0 rings (SSSR count). The third kappa shape index (κ3) is 34.4. The average Bonchev–Trinajstić information content (AvgIpc) is 3.04. The van der Waals surface area contributed by atoms with Gasteiger partial charge in [-0.05, 0) is 44.4 Å². The fourth-order valence-corrected chi connectivity index (χ4v) is 4.53. The minimum Gasteiger partial charge on any atom is -0.463 e. The van der Waals surface area contributed by atoms with Crippen LogP contribution in [0.5, 0.6) is 0 Å². The zero-order chi connectivity index (χ0) is 34.8. The average molecular weight is 659 g/mol. The van der Waals surface area contributed by atoms with Gasteiger partial charge in [-0.2, -0.15) is 0 Å². The van der Waals surface area contributed by atoms with Gasteiger partial charge in [-0.25, -0.2) is 0 Å². The van der Waals surface area contributed by atoms with E-state index in [1.807, 2.05) is 48.6 Å². The van der Waals surface area contributed by atoms with Gasteiger partial charge in [-0.3, -0.25) is 9.59 Å². The van der Waals surface area contributed by atoms with Crippen LogP contribution in [0.2, 0.25) is 0 Å². The van der Waals surface area contributed by atoms with Gasteiger partial charge in [-0.15, -0.1) is 0 Å². The van der Waals surface area contributed by atoms with E-state index >= 15 is 0 Å². The second-order valence-electron chi connectivity index (χ2n) is 12.5. The second-order valence-corrected chi connectivity index (χ2v) is 12.5. The van der Waals surface area contributed by atoms with E-state index in [0.29, 0.717) is 32.1 Å². The SMILES string of the molecule is CC/C=C\C[C@@H](O)/C=C/C=C\C=C\[C@@H](O)C/C=C\C/C=C\CCC(=O)OC[C@@H](O)COC(=O)CCCCCCCCCCCC(C)C. The quantitative estimate of drug-likeness (QED) is 0.0306. The van der Waals surface area contributed by atoms with Crippen molar-refractivity contribution in [3.8, 4) is 0 Å². The third-order valence-corrected chi connectivity index (χ3v) is 7.31. The monoisotopic (exact) mass is 658 g/mol. The Morgan fingerprint density at radius 3 is 1.64 bits per heavy atom. The summed E-state index contributed by atoms with van der Waals surface area (Å²) in [5.74, 6) is 0.0687. The molecule has 7 heteroatoms. The Balaban J connectivity index is 3.76. The number of carbonyl (C=O) groups excluding carboxylic acids is 2. The molecule has 0 aromatic heterocycles. The molecule has 3 N–H and O–H groups in total. The first-order valence-corrected chi connectivity index (χ1v) is 18.1. The maximum atomic E-state index is 11.9. The lowest BCUT2D eigenvalue weighted by molar-refractivity contribution is -0.152. The molecule has 0 fully saturated rings. The molecule has 268 valence electrons. The van der Waals surface area contributed by atoms with Crippen LogP contribution in [0, 0.1) is 5.92 Å². The van der Waals surface area contributed by atoms with Gasteiger partial charge < -0.3 is 24.8 Å². The van der Waals surface area contributed by atoms with Crippen molar-refractivity contribution in [3.05, 3.63) is 72.9 Å². The van der Waals surface area contributed by atoms with Gasteiger partial charge in [0, 0.05) is 12.8 Å². The van der Waals surface area contributed by atoms with Crippen LogP contribution in [0.3, 0.4) is 0 Å². The lowest BCUT2D eigenvalue weighted by Gasteiger charge is -2.12. The minimum absolute atomic E-state index is 0.171. The first-order valence-electron chi connectivity index (χ1n) is 18.1. The summed E-state index contributed by atoms with van der Waals surface area (Å²) in [7, 11) is 0. The van der Waals surface area contributed by atoms with Crippen LogP contribution in [0.4, 0.5) is 0 Å². The van der Waals surface area contributed by atoms with Gasteiger partial charge in [0.1, 0.15) is 19.3 Å². The number of unbranched alkanes of at least 4 members (excludes halogenated alkanes) is 8. The van der Waals surface area contributed by atoms with E-state index in [9.17, 15) is 24.9 Å². The fourth-order valence-electron chi connectivity index (χ4n) is 4.53. The smallest absolute Gasteiger partial charge is 0.306 e. The summed E-state index contributed by atoms with van der Waals surface area (Å²) >= 11 is 0. The standard InChI is InChI=1S/C40H66O7/c1-4-5-19-27-36(41)29-22-17-18-23-30-37(42)28-21-14-11-12-16-25-32-40(45)47-34-38(43)33-46-39(44)31-24-15-10-8-6-7-9-13-20-26-35(2)3/h5,12,14,16-19,21-23,29-30,35-38,41-43H,4,6-11,13,15,20,24-28,31-34H2,1-3H3/b16-12-,18-17-,19-5-,21-14-,29-22+,30-23+/t36-,37+,38+/m1/s1. The predicted molar refractivity (Wildman–Crippen MR) is 194 cm³/mol. The van der Waals surface area contributed by atoms with Gasteiger partial charge in [0.05, 0.1) is 12.2 Å². The van der Waals surface area contributed by atoms with E-state index in [0.717, 1.165) is 31.6 Å². The minimum atomic E-state index is -1.03. The normalized spacial score (nSPS) is 14.5. The molecular weight excluding hydrogens is 592 g/mol. The van der Waals surface area contributed by atoms with Crippen LogP contribution >= 0.6 is 0 Å². The Kier molecular flexibility index (Phi) is 31.2. The van der Waals surface area contributed by atoms with Gasteiger partial charge in [-0.1, -0.05) is 151 Å². The molecule has 0 aromatic rings. The molecular formula is C40H66O7. The topological polar surface area (TPSA) is 113 Å². The fraction of sp³-hybridized carbons (Fsp3) is 0.650. The highest BCUT2D eigenvalue weighted by molar-refractivity contribution is 5.70. The number of rotatable bonds is 30. The van der Waals surface area contributed by atoms with Crippen molar-refractivity contribution in [1.82, 2.24) is 0 Å². The van der Waals surface area contributed by atoms with Crippen molar-refractivity contribution in [3.63, 3.8) is 0 Å². The van der Waals surface area contributed by atoms with Crippen LogP contribution in [0.1, 0.15) is 130 Å². The Morgan fingerprint density at radius 2 is 1.09 bits per heavy atom. The summed E-state index contributed by atoms with van der Waals surface area (Å²) in [6.07, 6.45) is 36.1. The summed E-state index contributed by atoms with van der Waals surface area (Å²) in [4.78, 5) is 23.8. The maximum Gasteiger partial charge on any atom is 0.306 e. The van der Waals surface area contributed by atoms with E-state index in [-0.39, 0.29) is 25.6 Å². The number of aliphatic hydroxyl groups is 3. The Labute approximate surface area is 286 Å². The number of allylic oxidation sites excluding steroid dienone is 8. The van der Waals surface area contributed by atoms with Crippen LogP contribution in [0.25, 0.3) is 0 Å². The highest BCUT2D eigenvalue weighted by Crippen LogP contribution is 2.13. The predicted octanol–water partition coefficient (Wildman–Crippen LogP) is 8.80. The summed E-state index contributed by atoms with van der Waals surface area (Å²) in [5.41, 5.74) is 0. The van der Waals surface area contributed by atoms with Crippen molar-refractivity contribution >= 4 is 11.9 Å². The van der Waals surface area contributed by atoms with Crippen LogP contribution in [-0.4, -0.2) is 58.8 Å². The lowest BCUT2D eigenvalue weighted by atomic mass is 10.0. The highest BCUT2D eigenvalue weighted by Gasteiger charge is 2.11. The molecule has 0 saturated heterocycles. The number of esters is 2. The van der Waals surface area contributed by atoms with E-state index in [2.05, 4.69) is 20.8 Å². The molecule has 0 heterocycles. The molecule has 0 unspecified atom stereocenters. The zero-order valence-electron chi connectivity index (χ0n) is 29.6. The van der Waals surface area contributed by atoms with Crippen LogP contribution in [0.15, 0.2) is 72.9 Å². The molecule has 0 saturated carbocycles. The van der Waals surface area contributed by atoms with Crippen molar-refractivity contribution in [2.45, 2.75) is 148 Å². The molecule has 0 amide bonds. The number of carbonyl (C=O) groups is 2. The summed E-state index contributed by atoms with van der Waals surface area (Å²) in [6.45, 7) is 6.24. The van der Waals surface area contributed by atoms with E-state index in [1.54, 1.807) is 24.3 Å². The Morgan fingerprint density at radius 1 is 0.596 bits per heavy atom. The van der Waals surface area contributed by atoms with E-state index < -0.39 is 24.3 Å². The van der Waals surface area contributed by atoms with Crippen molar-refractivity contribution in [1.29, 1.82) is 0 Å². The summed E-state index contributed by atoms with van der Waals surface area (Å²) in [6, 6.07) is 0. The summed E-state index contributed by atoms with van der Waals surface area (Å²) < 4.78 is 10.2. The number of aliphatic hydroxyl groups excluding tert-OH is 3. The molecule has 0 bridgehead atoms. The Hall–Kier alpha value is -2.74. The molecule has 47 heavy (non-hydrogen) atoms. The van der Waals surface area contributed by atoms with E-state index in [4.69, 9.17) is 9.47 Å². The van der Waals surface area contributed by atoms with Crippen molar-refractivity contribution in [2.75, 3.05) is 13.2 Å². The van der Waals surface area contributed by atoms with Crippen LogP contribution < -0.4 is 0 Å². The summed E-state index contributed by atoms with van der Waals surface area (Å²) in [5, 5.41) is 29.8. The lowest BCUT2D eigenvalue weighted by Crippen LogP contribution is -2.25. The number of hydrogen-bond acceptors (Lipinski definition) is 7. The van der Waals surface area contributed by atoms with Crippen molar-refractivity contribution in [2.24, 2.45) is 5.92 Å². The number of hydrogen-bond donors (Lipinski definition) is 3. The molecule has 0 aliphatic rings. The van der Waals surface area contributed by atoms with Gasteiger partial charge in [0.25, 0.3) is 0 Å². The maximum absolute atomic E-state index is 11.9. The molecule has 3 atom stereocenters.